The van der Waals surface area contributed by atoms with Crippen LogP contribution in [-0.2, 0) is 4.74 Å². The summed E-state index contributed by atoms with van der Waals surface area (Å²) in [5.74, 6) is 0.638. The second kappa shape index (κ2) is 3.67. The van der Waals surface area contributed by atoms with Crippen molar-refractivity contribution >= 4 is 17.5 Å². The molecule has 0 bridgehead atoms. The number of nitrogens with two attached hydrogens (primary N) is 2. The SMILES string of the molecule is Nc1ncc(N2CCOCC2)c(N)n1. The second-order valence-corrected chi connectivity index (χ2v) is 3.10. The first-order valence-corrected chi connectivity index (χ1v) is 4.48. The van der Waals surface area contributed by atoms with Crippen molar-refractivity contribution < 1.29 is 4.74 Å². The van der Waals surface area contributed by atoms with Crippen LogP contribution in [0.15, 0.2) is 6.20 Å². The van der Waals surface area contributed by atoms with E-state index in [4.69, 9.17) is 16.2 Å². The molecule has 0 spiro atoms. The molecular formula is C8H13N5O. The molecule has 0 amide bonds. The number of nitrogen functional groups attached to an aromatic ring is 2. The van der Waals surface area contributed by atoms with Gasteiger partial charge in [-0.2, -0.15) is 4.98 Å². The van der Waals surface area contributed by atoms with E-state index in [0.717, 1.165) is 18.8 Å². The van der Waals surface area contributed by atoms with E-state index in [2.05, 4.69) is 14.9 Å². The van der Waals surface area contributed by atoms with Gasteiger partial charge in [-0.1, -0.05) is 0 Å². The average Bonchev–Trinajstić information content (AvgIpc) is 2.19. The lowest BCUT2D eigenvalue weighted by molar-refractivity contribution is 0.122. The average molecular weight is 195 g/mol. The highest BCUT2D eigenvalue weighted by atomic mass is 16.5. The number of nitrogens with zero attached hydrogens (tertiary/aromatic N) is 3. The van der Waals surface area contributed by atoms with Crippen LogP contribution in [0.25, 0.3) is 0 Å². The molecule has 1 saturated heterocycles. The van der Waals surface area contributed by atoms with Crippen LogP contribution in [-0.4, -0.2) is 36.3 Å². The van der Waals surface area contributed by atoms with Crippen molar-refractivity contribution in [2.24, 2.45) is 0 Å². The monoisotopic (exact) mass is 195 g/mol. The Morgan fingerprint density at radius 1 is 1.29 bits per heavy atom. The first-order valence-electron chi connectivity index (χ1n) is 4.48. The number of ether oxygens (including phenoxy) is 1. The Labute approximate surface area is 81.9 Å². The van der Waals surface area contributed by atoms with Crippen LogP contribution in [0.2, 0.25) is 0 Å². The zero-order valence-corrected chi connectivity index (χ0v) is 7.81. The van der Waals surface area contributed by atoms with Gasteiger partial charge in [0, 0.05) is 13.1 Å². The minimum absolute atomic E-state index is 0.208. The van der Waals surface area contributed by atoms with Crippen molar-refractivity contribution in [1.82, 2.24) is 9.97 Å². The Kier molecular flexibility index (Phi) is 2.36. The molecule has 0 atom stereocenters. The zero-order valence-electron chi connectivity index (χ0n) is 7.81. The molecule has 1 aliphatic rings. The Bertz CT molecular complexity index is 324. The van der Waals surface area contributed by atoms with Crippen LogP contribution in [0, 0.1) is 0 Å². The summed E-state index contributed by atoms with van der Waals surface area (Å²) < 4.78 is 5.24. The topological polar surface area (TPSA) is 90.3 Å². The summed E-state index contributed by atoms with van der Waals surface area (Å²) in [4.78, 5) is 9.93. The number of rotatable bonds is 1. The third-order valence-corrected chi connectivity index (χ3v) is 2.17. The molecule has 0 unspecified atom stereocenters. The largest absolute Gasteiger partial charge is 0.382 e. The van der Waals surface area contributed by atoms with Gasteiger partial charge in [-0.25, -0.2) is 4.98 Å². The zero-order chi connectivity index (χ0) is 9.97. The molecule has 0 radical (unpaired) electrons. The summed E-state index contributed by atoms with van der Waals surface area (Å²) in [5, 5.41) is 0. The smallest absolute Gasteiger partial charge is 0.222 e. The lowest BCUT2D eigenvalue weighted by Crippen LogP contribution is -2.36. The van der Waals surface area contributed by atoms with Crippen molar-refractivity contribution in [2.75, 3.05) is 42.7 Å². The van der Waals surface area contributed by atoms with E-state index in [-0.39, 0.29) is 5.95 Å². The summed E-state index contributed by atoms with van der Waals surface area (Å²) in [7, 11) is 0. The number of aromatic nitrogens is 2. The number of anilines is 3. The Morgan fingerprint density at radius 3 is 2.64 bits per heavy atom. The van der Waals surface area contributed by atoms with Gasteiger partial charge in [0.15, 0.2) is 5.82 Å². The normalized spacial score (nSPS) is 17.0. The van der Waals surface area contributed by atoms with Crippen LogP contribution in [0.5, 0.6) is 0 Å². The van der Waals surface area contributed by atoms with Crippen LogP contribution in [0.4, 0.5) is 17.5 Å². The molecule has 14 heavy (non-hydrogen) atoms. The van der Waals surface area contributed by atoms with Gasteiger partial charge in [0.1, 0.15) is 0 Å². The molecule has 0 aliphatic carbocycles. The lowest BCUT2D eigenvalue weighted by Gasteiger charge is -2.28. The maximum absolute atomic E-state index is 5.74. The Balaban J connectivity index is 2.22. The maximum Gasteiger partial charge on any atom is 0.222 e. The first-order chi connectivity index (χ1) is 6.77. The molecule has 1 aliphatic heterocycles. The lowest BCUT2D eigenvalue weighted by atomic mass is 10.3. The van der Waals surface area contributed by atoms with Crippen LogP contribution in [0.3, 0.4) is 0 Å². The molecule has 1 aromatic heterocycles. The van der Waals surface area contributed by atoms with E-state index in [9.17, 15) is 0 Å². The van der Waals surface area contributed by atoms with Crippen molar-refractivity contribution in [3.8, 4) is 0 Å². The maximum atomic E-state index is 5.74. The Hall–Kier alpha value is -1.56. The molecule has 4 N–H and O–H groups in total. The fourth-order valence-corrected chi connectivity index (χ4v) is 1.45. The summed E-state index contributed by atoms with van der Waals surface area (Å²) in [5.41, 5.74) is 12.0. The predicted molar refractivity (Wildman–Crippen MR) is 53.9 cm³/mol. The fourth-order valence-electron chi connectivity index (χ4n) is 1.45. The highest BCUT2D eigenvalue weighted by Crippen LogP contribution is 2.21. The summed E-state index contributed by atoms with van der Waals surface area (Å²) in [6, 6.07) is 0. The van der Waals surface area contributed by atoms with E-state index in [1.807, 2.05) is 0 Å². The number of hydrogen-bond acceptors (Lipinski definition) is 6. The molecular weight excluding hydrogens is 182 g/mol. The highest BCUT2D eigenvalue weighted by molar-refractivity contribution is 5.63. The minimum atomic E-state index is 0.208. The molecule has 6 heteroatoms. The molecule has 76 valence electrons. The molecule has 6 nitrogen and oxygen atoms in total. The number of morpholine rings is 1. The van der Waals surface area contributed by atoms with Crippen molar-refractivity contribution in [3.05, 3.63) is 6.20 Å². The van der Waals surface area contributed by atoms with Crippen LogP contribution in [0.1, 0.15) is 0 Å². The summed E-state index contributed by atoms with van der Waals surface area (Å²) in [6.45, 7) is 3.06. The van der Waals surface area contributed by atoms with Crippen LogP contribution < -0.4 is 16.4 Å². The first kappa shape index (κ1) is 9.01. The molecule has 0 saturated carbocycles. The standard InChI is InChI=1S/C8H13N5O/c9-7-6(5-11-8(10)12-7)13-1-3-14-4-2-13/h5H,1-4H2,(H4,9,10,11,12). The minimum Gasteiger partial charge on any atom is -0.382 e. The van der Waals surface area contributed by atoms with Crippen molar-refractivity contribution in [3.63, 3.8) is 0 Å². The van der Waals surface area contributed by atoms with E-state index in [1.54, 1.807) is 6.20 Å². The summed E-state index contributed by atoms with van der Waals surface area (Å²) in [6.07, 6.45) is 1.66. The quantitative estimate of drug-likeness (QED) is 0.626. The van der Waals surface area contributed by atoms with Gasteiger partial charge in [0.2, 0.25) is 5.95 Å². The van der Waals surface area contributed by atoms with Gasteiger partial charge >= 0.3 is 0 Å². The molecule has 2 rings (SSSR count). The van der Waals surface area contributed by atoms with Crippen molar-refractivity contribution in [2.45, 2.75) is 0 Å². The third kappa shape index (κ3) is 1.69. The highest BCUT2D eigenvalue weighted by Gasteiger charge is 2.14. The van der Waals surface area contributed by atoms with E-state index in [0.29, 0.717) is 19.0 Å². The fraction of sp³-hybridized carbons (Fsp3) is 0.500. The van der Waals surface area contributed by atoms with Gasteiger partial charge in [-0.05, 0) is 0 Å². The van der Waals surface area contributed by atoms with Crippen LogP contribution >= 0.6 is 0 Å². The second-order valence-electron chi connectivity index (χ2n) is 3.10. The number of hydrogen-bond donors (Lipinski definition) is 2. The molecule has 0 aromatic carbocycles. The van der Waals surface area contributed by atoms with E-state index in [1.165, 1.54) is 0 Å². The molecule has 2 heterocycles. The van der Waals surface area contributed by atoms with Crippen molar-refractivity contribution in [1.29, 1.82) is 0 Å². The van der Waals surface area contributed by atoms with Gasteiger partial charge in [0.05, 0.1) is 25.1 Å². The van der Waals surface area contributed by atoms with Gasteiger partial charge in [-0.3, -0.25) is 0 Å². The predicted octanol–water partition coefficient (Wildman–Crippen LogP) is -0.522. The van der Waals surface area contributed by atoms with E-state index >= 15 is 0 Å². The third-order valence-electron chi connectivity index (χ3n) is 2.17. The molecule has 1 aromatic rings. The van der Waals surface area contributed by atoms with Gasteiger partial charge in [-0.15, -0.1) is 0 Å². The Morgan fingerprint density at radius 2 is 2.00 bits per heavy atom. The summed E-state index contributed by atoms with van der Waals surface area (Å²) >= 11 is 0. The van der Waals surface area contributed by atoms with Gasteiger partial charge < -0.3 is 21.1 Å². The van der Waals surface area contributed by atoms with Gasteiger partial charge in [0.25, 0.3) is 0 Å². The van der Waals surface area contributed by atoms with E-state index < -0.39 is 0 Å². The molecule has 1 fully saturated rings.